The Balaban J connectivity index is 1.90. The van der Waals surface area contributed by atoms with E-state index in [1.165, 1.54) is 19.3 Å². The molecule has 0 amide bonds. The second-order valence-corrected chi connectivity index (χ2v) is 7.39. The minimum Gasteiger partial charge on any atom is -0.388 e. The van der Waals surface area contributed by atoms with Gasteiger partial charge in [0, 0.05) is 0 Å². The van der Waals surface area contributed by atoms with Crippen molar-refractivity contribution < 1.29 is 5.11 Å². The lowest BCUT2D eigenvalue weighted by Crippen LogP contribution is -2.54. The molecular weight excluding hydrogens is 222 g/mol. The van der Waals surface area contributed by atoms with Gasteiger partial charge in [-0.1, -0.05) is 20.3 Å². The molecule has 0 aromatic carbocycles. The summed E-state index contributed by atoms with van der Waals surface area (Å²) in [4.78, 5) is 0. The lowest BCUT2D eigenvalue weighted by atomic mass is 9.56. The molecule has 1 N–H and O–H groups in total. The van der Waals surface area contributed by atoms with Gasteiger partial charge in [0.2, 0.25) is 0 Å². The van der Waals surface area contributed by atoms with Crippen molar-refractivity contribution in [3.63, 3.8) is 0 Å². The number of hydrogen-bond acceptors (Lipinski definition) is 2. The molecule has 3 fully saturated rings. The maximum atomic E-state index is 11.2. The van der Waals surface area contributed by atoms with Crippen molar-refractivity contribution in [2.24, 2.45) is 29.1 Å². The maximum Gasteiger partial charge on any atom is 0.0891 e. The Bertz CT molecular complexity index is 387. The van der Waals surface area contributed by atoms with Crippen LogP contribution in [0.15, 0.2) is 0 Å². The molecule has 0 heterocycles. The third-order valence-corrected chi connectivity index (χ3v) is 6.52. The van der Waals surface area contributed by atoms with Crippen LogP contribution in [0.2, 0.25) is 0 Å². The molecule has 0 aromatic rings. The summed E-state index contributed by atoms with van der Waals surface area (Å²) in [5.41, 5.74) is -1.11. The van der Waals surface area contributed by atoms with E-state index in [-0.39, 0.29) is 0 Å². The molecule has 6 unspecified atom stereocenters. The van der Waals surface area contributed by atoms with Crippen molar-refractivity contribution in [2.45, 2.75) is 64.4 Å². The van der Waals surface area contributed by atoms with Crippen LogP contribution in [0.3, 0.4) is 0 Å². The largest absolute Gasteiger partial charge is 0.388 e. The average Bonchev–Trinajstić information content (AvgIpc) is 2.95. The van der Waals surface area contributed by atoms with Gasteiger partial charge in [0.25, 0.3) is 0 Å². The second kappa shape index (κ2) is 3.97. The maximum absolute atomic E-state index is 11.2. The summed E-state index contributed by atoms with van der Waals surface area (Å²) in [5, 5.41) is 21.0. The topological polar surface area (TPSA) is 44.0 Å². The van der Waals surface area contributed by atoms with Gasteiger partial charge in [-0.25, -0.2) is 0 Å². The number of fused-ring (bicyclic) bond motifs is 2. The molecule has 6 atom stereocenters. The number of nitriles is 1. The number of rotatable bonds is 1. The first kappa shape index (κ1) is 12.5. The first-order chi connectivity index (χ1) is 8.51. The van der Waals surface area contributed by atoms with Gasteiger partial charge < -0.3 is 5.11 Å². The fraction of sp³-hybridized carbons (Fsp3) is 0.938. The van der Waals surface area contributed by atoms with Gasteiger partial charge in [-0.15, -0.1) is 0 Å². The molecule has 0 spiro atoms. The van der Waals surface area contributed by atoms with E-state index in [4.69, 9.17) is 0 Å². The summed E-state index contributed by atoms with van der Waals surface area (Å²) in [5.74, 6) is 2.43. The highest BCUT2D eigenvalue weighted by molar-refractivity contribution is 5.21. The zero-order chi connectivity index (χ0) is 13.0. The molecule has 3 aliphatic rings. The Kier molecular flexibility index (Phi) is 2.75. The standard InChI is InChI=1S/C16H25NO/c1-11-5-6-16(18,8-12(11)2)15(10-17)9-13-3-4-14(15)7-13/h11-14,18H,3-9H2,1-2H3. The third-order valence-electron chi connectivity index (χ3n) is 6.52. The first-order valence-corrected chi connectivity index (χ1v) is 7.64. The Hall–Kier alpha value is -0.550. The third kappa shape index (κ3) is 1.50. The van der Waals surface area contributed by atoms with E-state index in [1.807, 2.05) is 0 Å². The van der Waals surface area contributed by atoms with E-state index in [0.29, 0.717) is 23.7 Å². The smallest absolute Gasteiger partial charge is 0.0891 e. The predicted molar refractivity (Wildman–Crippen MR) is 70.6 cm³/mol. The lowest BCUT2D eigenvalue weighted by molar-refractivity contribution is -0.124. The summed E-state index contributed by atoms with van der Waals surface area (Å²) in [7, 11) is 0. The summed E-state index contributed by atoms with van der Waals surface area (Å²) in [6, 6.07) is 2.60. The molecule has 0 aromatic heterocycles. The monoisotopic (exact) mass is 247 g/mol. The summed E-state index contributed by atoms with van der Waals surface area (Å²) in [6.45, 7) is 4.52. The minimum atomic E-state index is -0.701. The van der Waals surface area contributed by atoms with Gasteiger partial charge >= 0.3 is 0 Å². The van der Waals surface area contributed by atoms with Crippen LogP contribution in [-0.4, -0.2) is 10.7 Å². The molecule has 0 saturated heterocycles. The Morgan fingerprint density at radius 3 is 2.39 bits per heavy atom. The molecule has 0 aliphatic heterocycles. The molecule has 2 heteroatoms. The fourth-order valence-corrected chi connectivity index (χ4v) is 5.13. The molecule has 2 nitrogen and oxygen atoms in total. The van der Waals surface area contributed by atoms with Crippen LogP contribution in [-0.2, 0) is 0 Å². The Morgan fingerprint density at radius 1 is 1.11 bits per heavy atom. The van der Waals surface area contributed by atoms with Crippen LogP contribution in [0.1, 0.15) is 58.8 Å². The number of aliphatic hydroxyl groups is 1. The Labute approximate surface area is 110 Å². The molecule has 3 saturated carbocycles. The van der Waals surface area contributed by atoms with E-state index < -0.39 is 11.0 Å². The lowest BCUT2D eigenvalue weighted by Gasteiger charge is -2.50. The van der Waals surface area contributed by atoms with E-state index >= 15 is 0 Å². The van der Waals surface area contributed by atoms with Crippen molar-refractivity contribution in [3.05, 3.63) is 0 Å². The van der Waals surface area contributed by atoms with Crippen LogP contribution >= 0.6 is 0 Å². The van der Waals surface area contributed by atoms with Crippen LogP contribution in [0, 0.1) is 40.4 Å². The van der Waals surface area contributed by atoms with Crippen molar-refractivity contribution in [1.82, 2.24) is 0 Å². The van der Waals surface area contributed by atoms with Crippen LogP contribution in [0.25, 0.3) is 0 Å². The fourth-order valence-electron chi connectivity index (χ4n) is 5.13. The minimum absolute atomic E-state index is 0.412. The van der Waals surface area contributed by atoms with E-state index in [1.54, 1.807) is 0 Å². The summed E-state index contributed by atoms with van der Waals surface area (Å²) >= 11 is 0. The molecular formula is C16H25NO. The quantitative estimate of drug-likeness (QED) is 0.770. The zero-order valence-electron chi connectivity index (χ0n) is 11.7. The van der Waals surface area contributed by atoms with Gasteiger partial charge in [-0.2, -0.15) is 5.26 Å². The van der Waals surface area contributed by atoms with Gasteiger partial charge in [0.05, 0.1) is 17.1 Å². The highest BCUT2D eigenvalue weighted by atomic mass is 16.3. The molecule has 18 heavy (non-hydrogen) atoms. The molecule has 100 valence electrons. The number of hydrogen-bond donors (Lipinski definition) is 1. The highest BCUT2D eigenvalue weighted by Gasteiger charge is 2.62. The number of nitrogens with zero attached hydrogens (tertiary/aromatic N) is 1. The summed E-state index contributed by atoms with van der Waals surface area (Å²) in [6.07, 6.45) is 7.38. The Morgan fingerprint density at radius 2 is 1.89 bits per heavy atom. The molecule has 2 bridgehead atoms. The SMILES string of the molecule is CC1CCC(O)(C2(C#N)CC3CCC2C3)CC1C. The van der Waals surface area contributed by atoms with E-state index in [9.17, 15) is 10.4 Å². The van der Waals surface area contributed by atoms with Crippen molar-refractivity contribution in [2.75, 3.05) is 0 Å². The van der Waals surface area contributed by atoms with E-state index in [2.05, 4.69) is 19.9 Å². The van der Waals surface area contributed by atoms with Crippen molar-refractivity contribution in [1.29, 1.82) is 5.26 Å². The van der Waals surface area contributed by atoms with Gasteiger partial charge in [-0.05, 0) is 62.2 Å². The van der Waals surface area contributed by atoms with Gasteiger partial charge in [0.1, 0.15) is 0 Å². The van der Waals surface area contributed by atoms with Crippen LogP contribution < -0.4 is 0 Å². The molecule has 0 radical (unpaired) electrons. The highest BCUT2D eigenvalue weighted by Crippen LogP contribution is 2.63. The second-order valence-electron chi connectivity index (χ2n) is 7.39. The molecule has 3 rings (SSSR count). The van der Waals surface area contributed by atoms with Gasteiger partial charge in [-0.3, -0.25) is 0 Å². The molecule has 3 aliphatic carbocycles. The van der Waals surface area contributed by atoms with Gasteiger partial charge in [0.15, 0.2) is 0 Å². The van der Waals surface area contributed by atoms with Crippen LogP contribution in [0.4, 0.5) is 0 Å². The zero-order valence-corrected chi connectivity index (χ0v) is 11.7. The summed E-state index contributed by atoms with van der Waals surface area (Å²) < 4.78 is 0. The van der Waals surface area contributed by atoms with Crippen LogP contribution in [0.5, 0.6) is 0 Å². The average molecular weight is 247 g/mol. The first-order valence-electron chi connectivity index (χ1n) is 7.64. The van der Waals surface area contributed by atoms with Crippen molar-refractivity contribution >= 4 is 0 Å². The normalized spacial score (nSPS) is 55.4. The van der Waals surface area contributed by atoms with E-state index in [0.717, 1.165) is 25.7 Å². The van der Waals surface area contributed by atoms with Crippen molar-refractivity contribution in [3.8, 4) is 6.07 Å². The predicted octanol–water partition coefficient (Wildman–Crippen LogP) is 3.50.